The van der Waals surface area contributed by atoms with Crippen LogP contribution in [0.3, 0.4) is 0 Å². The molecular weight excluding hydrogens is 259 g/mol. The molecule has 1 saturated heterocycles. The number of hydrogen-bond donors (Lipinski definition) is 1. The van der Waals surface area contributed by atoms with Crippen molar-refractivity contribution in [1.82, 2.24) is 4.90 Å². The van der Waals surface area contributed by atoms with Crippen LogP contribution in [0.5, 0.6) is 0 Å². The molecule has 0 spiro atoms. The number of halogens is 1. The second kappa shape index (κ2) is 7.34. The zero-order valence-corrected chi connectivity index (χ0v) is 11.4. The molecule has 4 nitrogen and oxygen atoms in total. The number of aliphatic hydroxyl groups is 1. The summed E-state index contributed by atoms with van der Waals surface area (Å²) in [7, 11) is 0. The number of aliphatic hydroxyl groups excluding tert-OH is 1. The van der Waals surface area contributed by atoms with Crippen molar-refractivity contribution in [3.8, 4) is 6.07 Å². The first-order valence-electron chi connectivity index (χ1n) is 6.85. The van der Waals surface area contributed by atoms with E-state index in [-0.39, 0.29) is 12.4 Å². The SMILES string of the molecule is N#Cc1ccc(F)cc1CN(CCO)C1CCOCC1. The molecule has 0 saturated carbocycles. The van der Waals surface area contributed by atoms with Crippen LogP contribution in [0.4, 0.5) is 4.39 Å². The maximum absolute atomic E-state index is 13.4. The topological polar surface area (TPSA) is 56.5 Å². The van der Waals surface area contributed by atoms with Crippen molar-refractivity contribution >= 4 is 0 Å². The van der Waals surface area contributed by atoms with Gasteiger partial charge in [0.05, 0.1) is 18.2 Å². The molecule has 108 valence electrons. The lowest BCUT2D eigenvalue weighted by Gasteiger charge is -2.34. The first kappa shape index (κ1) is 14.9. The molecule has 1 aliphatic rings. The third-order valence-corrected chi connectivity index (χ3v) is 3.66. The Bertz CT molecular complexity index is 481. The Morgan fingerprint density at radius 3 is 2.80 bits per heavy atom. The quantitative estimate of drug-likeness (QED) is 0.890. The fourth-order valence-electron chi connectivity index (χ4n) is 2.59. The molecule has 0 unspecified atom stereocenters. The molecule has 0 aromatic heterocycles. The van der Waals surface area contributed by atoms with Gasteiger partial charge in [0.1, 0.15) is 5.82 Å². The molecular formula is C15H19FN2O2. The third kappa shape index (κ3) is 3.76. The summed E-state index contributed by atoms with van der Waals surface area (Å²) in [4.78, 5) is 2.11. The van der Waals surface area contributed by atoms with E-state index < -0.39 is 0 Å². The van der Waals surface area contributed by atoms with Crippen molar-refractivity contribution in [3.05, 3.63) is 35.1 Å². The molecule has 0 bridgehead atoms. The fourth-order valence-corrected chi connectivity index (χ4v) is 2.59. The second-order valence-corrected chi connectivity index (χ2v) is 4.95. The minimum absolute atomic E-state index is 0.0502. The molecule has 1 heterocycles. The van der Waals surface area contributed by atoms with E-state index in [0.29, 0.717) is 43.5 Å². The first-order chi connectivity index (χ1) is 9.74. The highest BCUT2D eigenvalue weighted by atomic mass is 19.1. The van der Waals surface area contributed by atoms with E-state index in [1.54, 1.807) is 0 Å². The molecule has 20 heavy (non-hydrogen) atoms. The Balaban J connectivity index is 2.15. The lowest BCUT2D eigenvalue weighted by Crippen LogP contribution is -2.40. The van der Waals surface area contributed by atoms with Crippen molar-refractivity contribution in [1.29, 1.82) is 5.26 Å². The van der Waals surface area contributed by atoms with Gasteiger partial charge in [0.2, 0.25) is 0 Å². The van der Waals surface area contributed by atoms with Gasteiger partial charge in [0, 0.05) is 32.3 Å². The molecule has 1 fully saturated rings. The van der Waals surface area contributed by atoms with Gasteiger partial charge in [-0.1, -0.05) is 0 Å². The van der Waals surface area contributed by atoms with Crippen LogP contribution in [0.25, 0.3) is 0 Å². The van der Waals surface area contributed by atoms with Crippen molar-refractivity contribution < 1.29 is 14.2 Å². The predicted octanol–water partition coefficient (Wildman–Crippen LogP) is 1.67. The average molecular weight is 278 g/mol. The lowest BCUT2D eigenvalue weighted by atomic mass is 10.0. The number of benzene rings is 1. The highest BCUT2D eigenvalue weighted by Crippen LogP contribution is 2.19. The average Bonchev–Trinajstić information content (AvgIpc) is 2.48. The summed E-state index contributed by atoms with van der Waals surface area (Å²) in [5, 5.41) is 18.3. The minimum atomic E-state index is -0.338. The molecule has 1 aromatic carbocycles. The van der Waals surface area contributed by atoms with Crippen LogP contribution in [0.2, 0.25) is 0 Å². The van der Waals surface area contributed by atoms with Crippen molar-refractivity contribution in [2.45, 2.75) is 25.4 Å². The highest BCUT2D eigenvalue weighted by Gasteiger charge is 2.22. The number of nitriles is 1. The van der Waals surface area contributed by atoms with E-state index in [1.807, 2.05) is 0 Å². The van der Waals surface area contributed by atoms with Gasteiger partial charge in [-0.25, -0.2) is 4.39 Å². The van der Waals surface area contributed by atoms with E-state index in [0.717, 1.165) is 12.8 Å². The molecule has 0 aliphatic carbocycles. The first-order valence-corrected chi connectivity index (χ1v) is 6.85. The third-order valence-electron chi connectivity index (χ3n) is 3.66. The Labute approximate surface area is 118 Å². The van der Waals surface area contributed by atoms with E-state index in [1.165, 1.54) is 18.2 Å². The monoisotopic (exact) mass is 278 g/mol. The van der Waals surface area contributed by atoms with Crippen molar-refractivity contribution in [3.63, 3.8) is 0 Å². The van der Waals surface area contributed by atoms with Crippen LogP contribution in [-0.2, 0) is 11.3 Å². The second-order valence-electron chi connectivity index (χ2n) is 4.95. The maximum atomic E-state index is 13.4. The van der Waals surface area contributed by atoms with Gasteiger partial charge < -0.3 is 9.84 Å². The maximum Gasteiger partial charge on any atom is 0.123 e. The summed E-state index contributed by atoms with van der Waals surface area (Å²) >= 11 is 0. The summed E-state index contributed by atoms with van der Waals surface area (Å²) in [5.74, 6) is -0.338. The van der Waals surface area contributed by atoms with Crippen LogP contribution >= 0.6 is 0 Å². The van der Waals surface area contributed by atoms with Gasteiger partial charge in [-0.05, 0) is 36.6 Å². The van der Waals surface area contributed by atoms with Gasteiger partial charge >= 0.3 is 0 Å². The summed E-state index contributed by atoms with van der Waals surface area (Å²) < 4.78 is 18.7. The molecule has 5 heteroatoms. The van der Waals surface area contributed by atoms with Crippen LogP contribution in [0.1, 0.15) is 24.0 Å². The summed E-state index contributed by atoms with van der Waals surface area (Å²) in [6.07, 6.45) is 1.80. The van der Waals surface area contributed by atoms with Gasteiger partial charge in [-0.15, -0.1) is 0 Å². The van der Waals surface area contributed by atoms with Gasteiger partial charge in [0.15, 0.2) is 0 Å². The van der Waals surface area contributed by atoms with Crippen LogP contribution in [0, 0.1) is 17.1 Å². The molecule has 1 N–H and O–H groups in total. The standard InChI is InChI=1S/C15H19FN2O2/c16-14-2-1-12(10-17)13(9-14)11-18(5-6-19)15-3-7-20-8-4-15/h1-2,9,15,19H,3-8,11H2. The largest absolute Gasteiger partial charge is 0.395 e. The lowest BCUT2D eigenvalue weighted by molar-refractivity contribution is 0.0248. The van der Waals surface area contributed by atoms with Gasteiger partial charge in [-0.2, -0.15) is 5.26 Å². The smallest absolute Gasteiger partial charge is 0.123 e. The fraction of sp³-hybridized carbons (Fsp3) is 0.533. The van der Waals surface area contributed by atoms with E-state index in [2.05, 4.69) is 11.0 Å². The zero-order valence-electron chi connectivity index (χ0n) is 11.4. The minimum Gasteiger partial charge on any atom is -0.395 e. The number of hydrogen-bond acceptors (Lipinski definition) is 4. The summed E-state index contributed by atoms with van der Waals surface area (Å²) in [6, 6.07) is 6.61. The molecule has 2 rings (SSSR count). The molecule has 1 aliphatic heterocycles. The zero-order chi connectivity index (χ0) is 14.4. The molecule has 1 aromatic rings. The van der Waals surface area contributed by atoms with Gasteiger partial charge in [-0.3, -0.25) is 4.90 Å². The normalized spacial score (nSPS) is 16.3. The number of rotatable bonds is 5. The number of ether oxygens (including phenoxy) is 1. The van der Waals surface area contributed by atoms with Crippen molar-refractivity contribution in [2.24, 2.45) is 0 Å². The Hall–Kier alpha value is -1.48. The summed E-state index contributed by atoms with van der Waals surface area (Å²) in [5.41, 5.74) is 1.16. The Kier molecular flexibility index (Phi) is 5.48. The number of nitrogens with zero attached hydrogens (tertiary/aromatic N) is 2. The van der Waals surface area contributed by atoms with Crippen LogP contribution in [-0.4, -0.2) is 42.4 Å². The van der Waals surface area contributed by atoms with Gasteiger partial charge in [0.25, 0.3) is 0 Å². The van der Waals surface area contributed by atoms with Crippen molar-refractivity contribution in [2.75, 3.05) is 26.4 Å². The van der Waals surface area contributed by atoms with Crippen LogP contribution in [0.15, 0.2) is 18.2 Å². The molecule has 0 amide bonds. The predicted molar refractivity (Wildman–Crippen MR) is 72.5 cm³/mol. The van der Waals surface area contributed by atoms with E-state index in [9.17, 15) is 9.50 Å². The molecule has 0 radical (unpaired) electrons. The Morgan fingerprint density at radius 1 is 1.40 bits per heavy atom. The van der Waals surface area contributed by atoms with E-state index >= 15 is 0 Å². The summed E-state index contributed by atoms with van der Waals surface area (Å²) in [6.45, 7) is 2.47. The van der Waals surface area contributed by atoms with Crippen LogP contribution < -0.4 is 0 Å². The highest BCUT2D eigenvalue weighted by molar-refractivity contribution is 5.37. The Morgan fingerprint density at radius 2 is 2.15 bits per heavy atom. The van der Waals surface area contributed by atoms with E-state index in [4.69, 9.17) is 10.00 Å². The molecule has 0 atom stereocenters.